The molecule has 5 nitrogen and oxygen atoms in total. The van der Waals surface area contributed by atoms with Crippen LogP contribution in [0.3, 0.4) is 0 Å². The molecule has 0 bridgehead atoms. The average Bonchev–Trinajstić information content (AvgIpc) is 3.11. The molecule has 2 aromatic carbocycles. The van der Waals surface area contributed by atoms with E-state index in [4.69, 9.17) is 4.74 Å². The maximum Gasteiger partial charge on any atom is 0.325 e. The van der Waals surface area contributed by atoms with Gasteiger partial charge in [0.2, 0.25) is 5.91 Å². The number of hydrogen-bond donors (Lipinski definition) is 0. The van der Waals surface area contributed by atoms with Gasteiger partial charge in [-0.3, -0.25) is 9.59 Å². The van der Waals surface area contributed by atoms with Gasteiger partial charge in [0.05, 0.1) is 17.6 Å². The third kappa shape index (κ3) is 4.26. The lowest BCUT2D eigenvalue weighted by molar-refractivity contribution is -0.143. The summed E-state index contributed by atoms with van der Waals surface area (Å²) in [5, 5.41) is 2.18. The number of amides is 1. The minimum absolute atomic E-state index is 0.0147. The van der Waals surface area contributed by atoms with Crippen molar-refractivity contribution in [3.63, 3.8) is 0 Å². The highest BCUT2D eigenvalue weighted by Gasteiger charge is 2.32. The molecule has 7 heteroatoms. The Bertz CT molecular complexity index is 1140. The second kappa shape index (κ2) is 9.36. The number of halogens is 1. The molecule has 1 amide bonds. The first-order valence-electron chi connectivity index (χ1n) is 10.8. The van der Waals surface area contributed by atoms with Crippen LogP contribution in [0, 0.1) is 5.82 Å². The number of fused-ring (bicyclic) bond motifs is 3. The number of para-hydroxylation sites is 1. The maximum absolute atomic E-state index is 13.3. The number of benzene rings is 2. The molecule has 2 heterocycles. The molecule has 1 aromatic heterocycles. The van der Waals surface area contributed by atoms with Gasteiger partial charge in [-0.1, -0.05) is 30.3 Å². The minimum Gasteiger partial charge on any atom is -0.465 e. The average molecular weight is 455 g/mol. The van der Waals surface area contributed by atoms with Crippen LogP contribution in [0.4, 0.5) is 4.39 Å². The van der Waals surface area contributed by atoms with Crippen molar-refractivity contribution < 1.29 is 18.7 Å². The summed E-state index contributed by atoms with van der Waals surface area (Å²) in [6.07, 6.45) is 0.719. The number of likely N-dealkylation sites (N-methyl/N-ethyl adjacent to an activating group) is 1. The number of hydrogen-bond acceptors (Lipinski definition) is 4. The second-order valence-electron chi connectivity index (χ2n) is 8.08. The largest absolute Gasteiger partial charge is 0.465 e. The van der Waals surface area contributed by atoms with E-state index in [9.17, 15) is 14.0 Å². The summed E-state index contributed by atoms with van der Waals surface area (Å²) in [4.78, 5) is 27.2. The molecular formula is C25H27FN2O3S. The Labute approximate surface area is 191 Å². The zero-order valence-corrected chi connectivity index (χ0v) is 19.3. The van der Waals surface area contributed by atoms with Crippen LogP contribution in [0.15, 0.2) is 53.6 Å². The lowest BCUT2D eigenvalue weighted by atomic mass is 9.98. The quantitative estimate of drug-likeness (QED) is 0.510. The van der Waals surface area contributed by atoms with Gasteiger partial charge in [0.1, 0.15) is 12.4 Å². The molecule has 1 aliphatic heterocycles. The zero-order chi connectivity index (χ0) is 22.8. The summed E-state index contributed by atoms with van der Waals surface area (Å²) in [6.45, 7) is 4.20. The summed E-state index contributed by atoms with van der Waals surface area (Å²) >= 11 is 1.68. The predicted molar refractivity (Wildman–Crippen MR) is 124 cm³/mol. The molecule has 3 aromatic rings. The van der Waals surface area contributed by atoms with Crippen molar-refractivity contribution >= 4 is 34.5 Å². The Kier molecular flexibility index (Phi) is 6.55. The first-order valence-corrected chi connectivity index (χ1v) is 11.8. The molecule has 2 atom stereocenters. The van der Waals surface area contributed by atoms with Crippen molar-refractivity contribution in [3.8, 4) is 0 Å². The summed E-state index contributed by atoms with van der Waals surface area (Å²) in [5.41, 5.74) is 2.98. The monoisotopic (exact) mass is 454 g/mol. The molecule has 0 N–H and O–H groups in total. The van der Waals surface area contributed by atoms with Crippen molar-refractivity contribution in [2.24, 2.45) is 0 Å². The van der Waals surface area contributed by atoms with Crippen LogP contribution in [0.25, 0.3) is 10.9 Å². The first kappa shape index (κ1) is 22.4. The molecule has 0 aliphatic carbocycles. The Hall–Kier alpha value is -2.80. The maximum atomic E-state index is 13.3. The predicted octanol–water partition coefficient (Wildman–Crippen LogP) is 4.62. The summed E-state index contributed by atoms with van der Waals surface area (Å²) in [5.74, 6) is -0.153. The molecule has 0 fully saturated rings. The van der Waals surface area contributed by atoms with E-state index in [0.29, 0.717) is 6.61 Å². The van der Waals surface area contributed by atoms with Crippen molar-refractivity contribution in [2.45, 2.75) is 43.8 Å². The molecule has 32 heavy (non-hydrogen) atoms. The second-order valence-corrected chi connectivity index (χ2v) is 9.09. The van der Waals surface area contributed by atoms with Gasteiger partial charge in [-0.15, -0.1) is 11.8 Å². The van der Waals surface area contributed by atoms with Gasteiger partial charge in [0.25, 0.3) is 0 Å². The normalized spacial score (nSPS) is 16.4. The van der Waals surface area contributed by atoms with Crippen LogP contribution in [-0.4, -0.2) is 46.8 Å². The van der Waals surface area contributed by atoms with Crippen LogP contribution in [0.1, 0.15) is 30.9 Å². The van der Waals surface area contributed by atoms with Crippen LogP contribution in [0.5, 0.6) is 0 Å². The van der Waals surface area contributed by atoms with Gasteiger partial charge >= 0.3 is 5.97 Å². The van der Waals surface area contributed by atoms with E-state index in [1.807, 2.05) is 41.6 Å². The molecule has 1 unspecified atom stereocenters. The lowest BCUT2D eigenvalue weighted by Crippen LogP contribution is -2.43. The van der Waals surface area contributed by atoms with Gasteiger partial charge < -0.3 is 14.2 Å². The van der Waals surface area contributed by atoms with Crippen molar-refractivity contribution in [1.29, 1.82) is 0 Å². The van der Waals surface area contributed by atoms with E-state index in [-0.39, 0.29) is 36.2 Å². The topological polar surface area (TPSA) is 51.5 Å². The van der Waals surface area contributed by atoms with Gasteiger partial charge in [0, 0.05) is 29.7 Å². The summed E-state index contributed by atoms with van der Waals surface area (Å²) in [6, 6.07) is 14.2. The molecule has 0 radical (unpaired) electrons. The molecular weight excluding hydrogens is 427 g/mol. The van der Waals surface area contributed by atoms with E-state index in [2.05, 4.69) is 6.07 Å². The van der Waals surface area contributed by atoms with E-state index in [0.717, 1.165) is 33.7 Å². The number of esters is 1. The lowest BCUT2D eigenvalue weighted by Gasteiger charge is -2.33. The van der Waals surface area contributed by atoms with Gasteiger partial charge in [-0.05, 0) is 49.6 Å². The SMILES string of the molecule is CCOC(=O)Cn1c2c(c3ccccc31)C[C@H](N(C)C(=O)C(C)c1ccc(F)cc1)CS2. The van der Waals surface area contributed by atoms with Crippen LogP contribution in [-0.2, 0) is 27.3 Å². The van der Waals surface area contributed by atoms with E-state index in [1.165, 1.54) is 17.7 Å². The molecule has 168 valence electrons. The number of ether oxygens (including phenoxy) is 1. The summed E-state index contributed by atoms with van der Waals surface area (Å²) < 4.78 is 20.5. The van der Waals surface area contributed by atoms with E-state index in [1.54, 1.807) is 30.8 Å². The van der Waals surface area contributed by atoms with Crippen LogP contribution < -0.4 is 0 Å². The van der Waals surface area contributed by atoms with Gasteiger partial charge in [-0.2, -0.15) is 0 Å². The van der Waals surface area contributed by atoms with Crippen molar-refractivity contribution in [2.75, 3.05) is 19.4 Å². The Morgan fingerprint density at radius 3 is 2.66 bits per heavy atom. The first-order chi connectivity index (χ1) is 15.4. The molecule has 0 spiro atoms. The Balaban J connectivity index is 1.58. The van der Waals surface area contributed by atoms with Crippen molar-refractivity contribution in [3.05, 3.63) is 65.5 Å². The van der Waals surface area contributed by atoms with Gasteiger partial charge in [-0.25, -0.2) is 4.39 Å². The van der Waals surface area contributed by atoms with Crippen molar-refractivity contribution in [1.82, 2.24) is 9.47 Å². The van der Waals surface area contributed by atoms with Gasteiger partial charge in [0.15, 0.2) is 0 Å². The highest BCUT2D eigenvalue weighted by Crippen LogP contribution is 2.39. The number of carbonyl (C=O) groups excluding carboxylic acids is 2. The number of aromatic nitrogens is 1. The zero-order valence-electron chi connectivity index (χ0n) is 18.5. The Morgan fingerprint density at radius 1 is 1.22 bits per heavy atom. The third-order valence-corrected chi connectivity index (χ3v) is 7.40. The molecule has 0 saturated heterocycles. The number of carbonyl (C=O) groups is 2. The molecule has 4 rings (SSSR count). The molecule has 0 saturated carbocycles. The van der Waals surface area contributed by atoms with Crippen LogP contribution in [0.2, 0.25) is 0 Å². The standard InChI is InChI=1S/C25H27FN2O3S/c1-4-31-23(29)14-28-22-8-6-5-7-20(22)21-13-19(15-32-25(21)28)27(3)24(30)16(2)17-9-11-18(26)12-10-17/h5-12,16,19H,4,13-15H2,1-3H3/t16?,19-/m0/s1. The highest BCUT2D eigenvalue weighted by atomic mass is 32.2. The summed E-state index contributed by atoms with van der Waals surface area (Å²) in [7, 11) is 1.84. The fourth-order valence-corrected chi connectivity index (χ4v) is 5.68. The number of thioether (sulfide) groups is 1. The van der Waals surface area contributed by atoms with E-state index < -0.39 is 0 Å². The smallest absolute Gasteiger partial charge is 0.325 e. The van der Waals surface area contributed by atoms with Crippen LogP contribution >= 0.6 is 11.8 Å². The Morgan fingerprint density at radius 2 is 1.94 bits per heavy atom. The number of rotatable bonds is 6. The number of nitrogens with zero attached hydrogens (tertiary/aromatic N) is 2. The minimum atomic E-state index is -0.350. The van der Waals surface area contributed by atoms with E-state index >= 15 is 0 Å². The fraction of sp³-hybridized carbons (Fsp3) is 0.360. The fourth-order valence-electron chi connectivity index (χ4n) is 4.30. The third-order valence-electron chi connectivity index (χ3n) is 6.10. The highest BCUT2D eigenvalue weighted by molar-refractivity contribution is 7.99. The molecule has 1 aliphatic rings.